The topological polar surface area (TPSA) is 48.1 Å². The summed E-state index contributed by atoms with van der Waals surface area (Å²) in [4.78, 5) is 4.60. The van der Waals surface area contributed by atoms with Crippen molar-refractivity contribution in [1.82, 2.24) is 4.98 Å². The summed E-state index contributed by atoms with van der Waals surface area (Å²) in [5, 5.41) is 3.16. The Morgan fingerprint density at radius 1 is 1.73 bits per heavy atom. The van der Waals surface area contributed by atoms with Crippen LogP contribution in [-0.4, -0.2) is 11.6 Å². The Labute approximate surface area is 94.7 Å². The number of ether oxygens (including phenoxy) is 1. The van der Waals surface area contributed by atoms with Crippen molar-refractivity contribution < 1.29 is 4.74 Å². The molecule has 84 valence electrons. The number of thiazole rings is 1. The zero-order chi connectivity index (χ0) is 10.9. The average molecular weight is 226 g/mol. The summed E-state index contributed by atoms with van der Waals surface area (Å²) >= 11 is 1.67. The lowest BCUT2D eigenvalue weighted by Crippen LogP contribution is -2.32. The smallest absolute Gasteiger partial charge is 0.122 e. The van der Waals surface area contributed by atoms with E-state index < -0.39 is 0 Å². The van der Waals surface area contributed by atoms with E-state index in [0.29, 0.717) is 0 Å². The summed E-state index contributed by atoms with van der Waals surface area (Å²) in [5.74, 6) is 0. The SMILES string of the molecule is CCC(C)(N)c1csc(C2CCCO2)n1. The van der Waals surface area contributed by atoms with Crippen molar-refractivity contribution in [2.75, 3.05) is 6.61 Å². The van der Waals surface area contributed by atoms with E-state index in [0.717, 1.165) is 36.6 Å². The van der Waals surface area contributed by atoms with Crippen molar-refractivity contribution in [3.63, 3.8) is 0 Å². The van der Waals surface area contributed by atoms with Gasteiger partial charge in [0.05, 0.1) is 11.2 Å². The third-order valence-corrected chi connectivity index (χ3v) is 3.98. The fourth-order valence-corrected chi connectivity index (χ4v) is 2.69. The number of nitrogens with zero attached hydrogens (tertiary/aromatic N) is 1. The van der Waals surface area contributed by atoms with Gasteiger partial charge in [-0.2, -0.15) is 0 Å². The fourth-order valence-electron chi connectivity index (χ4n) is 1.65. The zero-order valence-electron chi connectivity index (χ0n) is 9.32. The molecule has 0 bridgehead atoms. The number of nitrogens with two attached hydrogens (primary N) is 1. The maximum Gasteiger partial charge on any atom is 0.122 e. The van der Waals surface area contributed by atoms with Gasteiger partial charge in [0.2, 0.25) is 0 Å². The van der Waals surface area contributed by atoms with E-state index in [1.54, 1.807) is 11.3 Å². The van der Waals surface area contributed by atoms with Crippen molar-refractivity contribution in [3.8, 4) is 0 Å². The summed E-state index contributed by atoms with van der Waals surface area (Å²) in [6.45, 7) is 4.99. The monoisotopic (exact) mass is 226 g/mol. The molecule has 1 saturated heterocycles. The normalized spacial score (nSPS) is 25.4. The average Bonchev–Trinajstić information content (AvgIpc) is 2.88. The van der Waals surface area contributed by atoms with Crippen molar-refractivity contribution in [3.05, 3.63) is 16.1 Å². The van der Waals surface area contributed by atoms with E-state index in [4.69, 9.17) is 10.5 Å². The molecular formula is C11H18N2OS. The van der Waals surface area contributed by atoms with Gasteiger partial charge >= 0.3 is 0 Å². The Morgan fingerprint density at radius 3 is 3.13 bits per heavy atom. The van der Waals surface area contributed by atoms with E-state index in [2.05, 4.69) is 17.3 Å². The van der Waals surface area contributed by atoms with Crippen molar-refractivity contribution >= 4 is 11.3 Å². The van der Waals surface area contributed by atoms with Gasteiger partial charge < -0.3 is 10.5 Å². The van der Waals surface area contributed by atoms with Crippen LogP contribution in [-0.2, 0) is 10.3 Å². The van der Waals surface area contributed by atoms with E-state index >= 15 is 0 Å². The lowest BCUT2D eigenvalue weighted by atomic mass is 9.97. The Balaban J connectivity index is 2.16. The van der Waals surface area contributed by atoms with Crippen LogP contribution in [0.4, 0.5) is 0 Å². The molecule has 1 aliphatic heterocycles. The molecule has 15 heavy (non-hydrogen) atoms. The lowest BCUT2D eigenvalue weighted by Gasteiger charge is -2.19. The molecule has 2 rings (SSSR count). The molecule has 1 aromatic rings. The highest BCUT2D eigenvalue weighted by Crippen LogP contribution is 2.33. The number of aromatic nitrogens is 1. The highest BCUT2D eigenvalue weighted by molar-refractivity contribution is 7.09. The number of hydrogen-bond acceptors (Lipinski definition) is 4. The molecule has 4 heteroatoms. The molecule has 2 atom stereocenters. The van der Waals surface area contributed by atoms with Crippen molar-refractivity contribution in [2.45, 2.75) is 44.8 Å². The predicted molar refractivity (Wildman–Crippen MR) is 61.9 cm³/mol. The van der Waals surface area contributed by atoms with Crippen LogP contribution in [0.2, 0.25) is 0 Å². The second-order valence-electron chi connectivity index (χ2n) is 4.34. The molecule has 0 radical (unpaired) electrons. The standard InChI is InChI=1S/C11H18N2OS/c1-3-11(2,12)9-7-15-10(13-9)8-5-4-6-14-8/h7-8H,3-6,12H2,1-2H3. The summed E-state index contributed by atoms with van der Waals surface area (Å²) in [6, 6.07) is 0. The van der Waals surface area contributed by atoms with E-state index in [1.165, 1.54) is 0 Å². The first-order valence-corrected chi connectivity index (χ1v) is 6.38. The summed E-state index contributed by atoms with van der Waals surface area (Å²) in [6.07, 6.45) is 3.37. The second-order valence-corrected chi connectivity index (χ2v) is 5.23. The lowest BCUT2D eigenvalue weighted by molar-refractivity contribution is 0.111. The van der Waals surface area contributed by atoms with Gasteiger partial charge in [0.15, 0.2) is 0 Å². The Morgan fingerprint density at radius 2 is 2.53 bits per heavy atom. The van der Waals surface area contributed by atoms with Crippen LogP contribution >= 0.6 is 11.3 Å². The molecule has 2 unspecified atom stereocenters. The van der Waals surface area contributed by atoms with Gasteiger partial charge in [-0.3, -0.25) is 0 Å². The van der Waals surface area contributed by atoms with Gasteiger partial charge in [0, 0.05) is 12.0 Å². The predicted octanol–water partition coefficient (Wildman–Crippen LogP) is 2.58. The minimum absolute atomic E-state index is 0.219. The Kier molecular flexibility index (Phi) is 3.09. The van der Waals surface area contributed by atoms with Gasteiger partial charge in [-0.1, -0.05) is 6.92 Å². The quantitative estimate of drug-likeness (QED) is 0.861. The van der Waals surface area contributed by atoms with Crippen LogP contribution in [0.3, 0.4) is 0 Å². The highest BCUT2D eigenvalue weighted by Gasteiger charge is 2.26. The maximum atomic E-state index is 6.15. The van der Waals surface area contributed by atoms with Crippen molar-refractivity contribution in [1.29, 1.82) is 0 Å². The first-order valence-electron chi connectivity index (χ1n) is 5.50. The van der Waals surface area contributed by atoms with Crippen LogP contribution in [0.5, 0.6) is 0 Å². The molecule has 1 aliphatic rings. The van der Waals surface area contributed by atoms with E-state index in [9.17, 15) is 0 Å². The van der Waals surface area contributed by atoms with Crippen LogP contribution in [0.1, 0.15) is 49.9 Å². The Bertz CT molecular complexity index is 329. The van der Waals surface area contributed by atoms with Gasteiger partial charge in [0.25, 0.3) is 0 Å². The second kappa shape index (κ2) is 4.20. The summed E-state index contributed by atoms with van der Waals surface area (Å²) in [5.41, 5.74) is 6.85. The Hall–Kier alpha value is -0.450. The number of rotatable bonds is 3. The third-order valence-electron chi connectivity index (χ3n) is 3.05. The first-order chi connectivity index (χ1) is 7.13. The third kappa shape index (κ3) is 2.22. The first kappa shape index (κ1) is 11.0. The molecule has 1 aromatic heterocycles. The van der Waals surface area contributed by atoms with Crippen LogP contribution in [0, 0.1) is 0 Å². The molecule has 0 aromatic carbocycles. The van der Waals surface area contributed by atoms with Gasteiger partial charge in [-0.25, -0.2) is 4.98 Å². The molecule has 0 aliphatic carbocycles. The molecule has 2 heterocycles. The van der Waals surface area contributed by atoms with Crippen LogP contribution < -0.4 is 5.73 Å². The number of hydrogen-bond donors (Lipinski definition) is 1. The molecule has 3 nitrogen and oxygen atoms in total. The summed E-state index contributed by atoms with van der Waals surface area (Å²) < 4.78 is 5.61. The van der Waals surface area contributed by atoms with Crippen molar-refractivity contribution in [2.24, 2.45) is 5.73 Å². The van der Waals surface area contributed by atoms with E-state index in [1.807, 2.05) is 6.92 Å². The molecule has 0 saturated carbocycles. The zero-order valence-corrected chi connectivity index (χ0v) is 10.1. The summed E-state index contributed by atoms with van der Waals surface area (Å²) in [7, 11) is 0. The minimum atomic E-state index is -0.298. The van der Waals surface area contributed by atoms with Crippen LogP contribution in [0.25, 0.3) is 0 Å². The van der Waals surface area contributed by atoms with Gasteiger partial charge in [-0.05, 0) is 26.2 Å². The van der Waals surface area contributed by atoms with Gasteiger partial charge in [-0.15, -0.1) is 11.3 Å². The highest BCUT2D eigenvalue weighted by atomic mass is 32.1. The maximum absolute atomic E-state index is 6.15. The molecular weight excluding hydrogens is 208 g/mol. The molecule has 0 amide bonds. The fraction of sp³-hybridized carbons (Fsp3) is 0.727. The molecule has 0 spiro atoms. The molecule has 1 fully saturated rings. The minimum Gasteiger partial charge on any atom is -0.371 e. The molecule has 2 N–H and O–H groups in total. The van der Waals surface area contributed by atoms with Crippen LogP contribution in [0.15, 0.2) is 5.38 Å². The largest absolute Gasteiger partial charge is 0.371 e. The van der Waals surface area contributed by atoms with E-state index in [-0.39, 0.29) is 11.6 Å². The van der Waals surface area contributed by atoms with Gasteiger partial charge in [0.1, 0.15) is 11.1 Å².